The van der Waals surface area contributed by atoms with Gasteiger partial charge in [0, 0.05) is 18.9 Å². The molecule has 0 aliphatic heterocycles. The monoisotopic (exact) mass is 428 g/mol. The number of aromatic nitrogens is 2. The molecule has 2 heterocycles. The smallest absolute Gasteiger partial charge is 0.123 e. The second kappa shape index (κ2) is 6.36. The van der Waals surface area contributed by atoms with Crippen LogP contribution in [0.25, 0.3) is 22.2 Å². The van der Waals surface area contributed by atoms with Gasteiger partial charge in [-0.3, -0.25) is 4.98 Å². The van der Waals surface area contributed by atoms with E-state index in [0.717, 1.165) is 32.3 Å². The fourth-order valence-corrected chi connectivity index (χ4v) is 3.60. The van der Waals surface area contributed by atoms with E-state index in [1.807, 2.05) is 12.3 Å². The van der Waals surface area contributed by atoms with Gasteiger partial charge < -0.3 is 4.57 Å². The molecule has 0 unspecified atom stereocenters. The first-order valence-electron chi connectivity index (χ1n) is 7.65. The van der Waals surface area contributed by atoms with Crippen molar-refractivity contribution in [3.05, 3.63) is 88.0 Å². The second-order valence-corrected chi connectivity index (χ2v) is 6.84. The Balaban J connectivity index is 1.62. The summed E-state index contributed by atoms with van der Waals surface area (Å²) in [6.07, 6.45) is 3.96. The van der Waals surface area contributed by atoms with Gasteiger partial charge in [-0.2, -0.15) is 0 Å². The van der Waals surface area contributed by atoms with Crippen LogP contribution in [0, 0.1) is 9.39 Å². The molecule has 0 amide bonds. The van der Waals surface area contributed by atoms with Crippen molar-refractivity contribution >= 4 is 33.6 Å². The molecule has 4 heteroatoms. The zero-order valence-corrected chi connectivity index (χ0v) is 14.9. The average Bonchev–Trinajstić information content (AvgIpc) is 2.93. The van der Waals surface area contributed by atoms with Crippen molar-refractivity contribution in [2.45, 2.75) is 6.54 Å². The van der Waals surface area contributed by atoms with Gasteiger partial charge in [0.1, 0.15) is 11.3 Å². The molecule has 0 aliphatic rings. The van der Waals surface area contributed by atoms with Crippen LogP contribution in [0.1, 0.15) is 5.56 Å². The lowest BCUT2D eigenvalue weighted by molar-refractivity contribution is 0.628. The Bertz CT molecular complexity index is 989. The van der Waals surface area contributed by atoms with Crippen molar-refractivity contribution in [3.63, 3.8) is 0 Å². The van der Waals surface area contributed by atoms with Gasteiger partial charge in [-0.1, -0.05) is 36.4 Å². The van der Waals surface area contributed by atoms with Crippen LogP contribution in [0.15, 0.2) is 73.1 Å². The third kappa shape index (κ3) is 2.94. The van der Waals surface area contributed by atoms with Gasteiger partial charge in [0.2, 0.25) is 0 Å². The van der Waals surface area contributed by atoms with E-state index in [9.17, 15) is 4.39 Å². The van der Waals surface area contributed by atoms with E-state index in [4.69, 9.17) is 0 Å². The first-order chi connectivity index (χ1) is 11.7. The lowest BCUT2D eigenvalue weighted by Gasteiger charge is -2.07. The molecule has 0 spiro atoms. The maximum atomic E-state index is 13.0. The van der Waals surface area contributed by atoms with Crippen LogP contribution < -0.4 is 0 Å². The summed E-state index contributed by atoms with van der Waals surface area (Å²) in [4.78, 5) is 4.44. The van der Waals surface area contributed by atoms with Crippen LogP contribution in [0.3, 0.4) is 0 Å². The number of hydrogen-bond donors (Lipinski definition) is 0. The summed E-state index contributed by atoms with van der Waals surface area (Å²) in [5.74, 6) is -0.210. The molecule has 24 heavy (non-hydrogen) atoms. The first-order valence-corrected chi connectivity index (χ1v) is 8.73. The van der Waals surface area contributed by atoms with Crippen molar-refractivity contribution in [3.8, 4) is 11.1 Å². The summed E-state index contributed by atoms with van der Waals surface area (Å²) in [6, 6.07) is 19.0. The highest BCUT2D eigenvalue weighted by atomic mass is 127. The number of nitrogens with zero attached hydrogens (tertiary/aromatic N) is 2. The van der Waals surface area contributed by atoms with E-state index in [0.29, 0.717) is 0 Å². The Hall–Kier alpha value is -2.21. The minimum atomic E-state index is -0.210. The van der Waals surface area contributed by atoms with E-state index < -0.39 is 0 Å². The summed E-state index contributed by atoms with van der Waals surface area (Å²) in [7, 11) is 0. The van der Waals surface area contributed by atoms with Crippen LogP contribution >= 0.6 is 22.6 Å². The van der Waals surface area contributed by atoms with Crippen LogP contribution in [0.2, 0.25) is 0 Å². The quantitative estimate of drug-likeness (QED) is 0.395. The van der Waals surface area contributed by atoms with Crippen molar-refractivity contribution < 1.29 is 4.39 Å². The molecule has 118 valence electrons. The molecule has 2 aromatic heterocycles. The average molecular weight is 428 g/mol. The molecule has 4 aromatic rings. The third-order valence-electron chi connectivity index (χ3n) is 4.08. The second-order valence-electron chi connectivity index (χ2n) is 5.68. The number of pyridine rings is 1. The molecule has 0 aliphatic carbocycles. The summed E-state index contributed by atoms with van der Waals surface area (Å²) in [5, 5.41) is 0. The zero-order chi connectivity index (χ0) is 16.5. The topological polar surface area (TPSA) is 17.8 Å². The van der Waals surface area contributed by atoms with E-state index in [1.54, 1.807) is 12.1 Å². The van der Waals surface area contributed by atoms with E-state index in [2.05, 4.69) is 68.7 Å². The van der Waals surface area contributed by atoms with Gasteiger partial charge in [-0.05, 0) is 63.5 Å². The van der Waals surface area contributed by atoms with Crippen LogP contribution in [-0.2, 0) is 6.54 Å². The van der Waals surface area contributed by atoms with Crippen molar-refractivity contribution in [1.82, 2.24) is 9.55 Å². The number of rotatable bonds is 3. The SMILES string of the molecule is Fc1ccc(-c2ccc(Cn3cc(I)c4ncccc43)cc2)cc1. The summed E-state index contributed by atoms with van der Waals surface area (Å²) >= 11 is 2.32. The molecule has 0 fully saturated rings. The Labute approximate surface area is 153 Å². The Morgan fingerprint density at radius 3 is 2.29 bits per heavy atom. The minimum Gasteiger partial charge on any atom is -0.341 e. The van der Waals surface area contributed by atoms with Crippen LogP contribution in [0.5, 0.6) is 0 Å². The third-order valence-corrected chi connectivity index (χ3v) is 4.87. The summed E-state index contributed by atoms with van der Waals surface area (Å²) < 4.78 is 16.4. The number of hydrogen-bond acceptors (Lipinski definition) is 1. The van der Waals surface area contributed by atoms with Gasteiger partial charge >= 0.3 is 0 Å². The van der Waals surface area contributed by atoms with Crippen molar-refractivity contribution in [2.24, 2.45) is 0 Å². The first kappa shape index (κ1) is 15.3. The maximum Gasteiger partial charge on any atom is 0.123 e. The zero-order valence-electron chi connectivity index (χ0n) is 12.8. The van der Waals surface area contributed by atoms with Crippen LogP contribution in [-0.4, -0.2) is 9.55 Å². The predicted octanol–water partition coefficient (Wildman–Crippen LogP) is 5.50. The molecule has 0 bridgehead atoms. The molecule has 0 saturated carbocycles. The fraction of sp³-hybridized carbons (Fsp3) is 0.0500. The van der Waals surface area contributed by atoms with E-state index >= 15 is 0 Å². The number of benzene rings is 2. The number of fused-ring (bicyclic) bond motifs is 1. The normalized spacial score (nSPS) is 11.1. The van der Waals surface area contributed by atoms with Crippen LogP contribution in [0.4, 0.5) is 4.39 Å². The lowest BCUT2D eigenvalue weighted by atomic mass is 10.0. The fourth-order valence-electron chi connectivity index (χ4n) is 2.85. The molecular weight excluding hydrogens is 414 g/mol. The van der Waals surface area contributed by atoms with Crippen molar-refractivity contribution in [2.75, 3.05) is 0 Å². The van der Waals surface area contributed by atoms with Gasteiger partial charge in [-0.25, -0.2) is 4.39 Å². The maximum absolute atomic E-state index is 13.0. The Morgan fingerprint density at radius 1 is 0.917 bits per heavy atom. The number of halogens is 2. The highest BCUT2D eigenvalue weighted by Crippen LogP contribution is 2.23. The molecule has 2 nitrogen and oxygen atoms in total. The Kier molecular flexibility index (Phi) is 4.06. The lowest BCUT2D eigenvalue weighted by Crippen LogP contribution is -1.97. The molecular formula is C20H14FIN2. The minimum absolute atomic E-state index is 0.210. The standard InChI is InChI=1S/C20H14FIN2/c21-17-9-7-16(8-10-17)15-5-3-14(4-6-15)12-24-13-18(22)20-19(24)2-1-11-23-20/h1-11,13H,12H2. The summed E-state index contributed by atoms with van der Waals surface area (Å²) in [6.45, 7) is 0.800. The van der Waals surface area contributed by atoms with E-state index in [-0.39, 0.29) is 5.82 Å². The van der Waals surface area contributed by atoms with Gasteiger partial charge in [0.25, 0.3) is 0 Å². The van der Waals surface area contributed by atoms with Crippen molar-refractivity contribution in [1.29, 1.82) is 0 Å². The molecule has 0 atom stereocenters. The molecule has 2 aromatic carbocycles. The molecule has 0 radical (unpaired) electrons. The molecule has 4 rings (SSSR count). The molecule has 0 N–H and O–H groups in total. The summed E-state index contributed by atoms with van der Waals surface area (Å²) in [5.41, 5.74) is 5.52. The van der Waals surface area contributed by atoms with Gasteiger partial charge in [0.05, 0.1) is 9.09 Å². The van der Waals surface area contributed by atoms with Gasteiger partial charge in [0.15, 0.2) is 0 Å². The molecule has 0 saturated heterocycles. The highest BCUT2D eigenvalue weighted by Gasteiger charge is 2.07. The Morgan fingerprint density at radius 2 is 1.58 bits per heavy atom. The highest BCUT2D eigenvalue weighted by molar-refractivity contribution is 14.1. The predicted molar refractivity (Wildman–Crippen MR) is 103 cm³/mol. The van der Waals surface area contributed by atoms with Gasteiger partial charge in [-0.15, -0.1) is 0 Å². The largest absolute Gasteiger partial charge is 0.341 e. The van der Waals surface area contributed by atoms with E-state index in [1.165, 1.54) is 17.7 Å².